The number of ketones is 1. The van der Waals surface area contributed by atoms with E-state index in [9.17, 15) is 15.3 Å². The molecule has 0 aromatic heterocycles. The van der Waals surface area contributed by atoms with Gasteiger partial charge in [-0.05, 0) is 12.1 Å². The zero-order valence-electron chi connectivity index (χ0n) is 16.5. The van der Waals surface area contributed by atoms with Crippen molar-refractivity contribution in [3.05, 3.63) is 41.0 Å². The molecule has 0 spiro atoms. The molecule has 0 atom stereocenters. The number of Topliss-reactive ketones (excluding diaryl/α,β-unsaturated/α-hetero) is 1. The molecule has 0 N–H and O–H groups in total. The number of nitriles is 2. The third kappa shape index (κ3) is 2.96. The van der Waals surface area contributed by atoms with Gasteiger partial charge in [0.05, 0.1) is 11.1 Å². The Kier molecular flexibility index (Phi) is 5.10. The second-order valence-electron chi connectivity index (χ2n) is 7.52. The van der Waals surface area contributed by atoms with Crippen LogP contribution in [0.2, 0.25) is 0 Å². The van der Waals surface area contributed by atoms with E-state index in [0.717, 1.165) is 71.3 Å². The highest BCUT2D eigenvalue weighted by molar-refractivity contribution is 7.99. The first-order chi connectivity index (χ1) is 14.7. The van der Waals surface area contributed by atoms with Crippen LogP contribution in [0.3, 0.4) is 0 Å². The Morgan fingerprint density at radius 3 is 1.93 bits per heavy atom. The maximum atomic E-state index is 13.5. The third-order valence-corrected chi connectivity index (χ3v) is 7.92. The Hall–Kier alpha value is -2.61. The number of thioether (sulfide) groups is 2. The van der Waals surface area contributed by atoms with E-state index in [1.165, 1.54) is 0 Å². The number of carbonyl (C=O) groups excluding carboxylic acids is 1. The van der Waals surface area contributed by atoms with Crippen LogP contribution >= 0.6 is 23.5 Å². The van der Waals surface area contributed by atoms with Crippen LogP contribution in [0, 0.1) is 22.7 Å². The van der Waals surface area contributed by atoms with E-state index in [1.54, 1.807) is 0 Å². The van der Waals surface area contributed by atoms with Crippen LogP contribution in [0.15, 0.2) is 29.8 Å². The first-order valence-electron chi connectivity index (χ1n) is 10.1. The molecule has 0 amide bonds. The SMILES string of the molecule is N#CC1=C(C#N)c2ccc(N3CCSCC3)c3ccc(N4CCSCC4)c(c23)C1=O. The second kappa shape index (κ2) is 7.91. The lowest BCUT2D eigenvalue weighted by Gasteiger charge is -2.34. The van der Waals surface area contributed by atoms with Crippen LogP contribution in [0.1, 0.15) is 15.9 Å². The van der Waals surface area contributed by atoms with Crippen LogP contribution in [0.25, 0.3) is 16.3 Å². The van der Waals surface area contributed by atoms with Crippen LogP contribution < -0.4 is 9.80 Å². The highest BCUT2D eigenvalue weighted by Crippen LogP contribution is 2.44. The molecule has 3 aliphatic rings. The quantitative estimate of drug-likeness (QED) is 0.712. The highest BCUT2D eigenvalue weighted by Gasteiger charge is 2.33. The van der Waals surface area contributed by atoms with Gasteiger partial charge in [0.2, 0.25) is 5.78 Å². The van der Waals surface area contributed by atoms with Gasteiger partial charge in [0.15, 0.2) is 0 Å². The van der Waals surface area contributed by atoms with Crippen molar-refractivity contribution in [2.45, 2.75) is 0 Å². The normalized spacial score (nSPS) is 19.1. The molecule has 0 saturated carbocycles. The van der Waals surface area contributed by atoms with Crippen LogP contribution in [-0.4, -0.2) is 55.0 Å². The molecule has 2 fully saturated rings. The minimum Gasteiger partial charge on any atom is -0.369 e. The summed E-state index contributed by atoms with van der Waals surface area (Å²) in [5.41, 5.74) is 3.48. The van der Waals surface area contributed by atoms with Gasteiger partial charge in [0.1, 0.15) is 17.7 Å². The highest BCUT2D eigenvalue weighted by atomic mass is 32.2. The summed E-state index contributed by atoms with van der Waals surface area (Å²) in [4.78, 5) is 18.1. The fraction of sp³-hybridized carbons (Fsp3) is 0.348. The Balaban J connectivity index is 1.80. The van der Waals surface area contributed by atoms with Crippen LogP contribution in [0.5, 0.6) is 0 Å². The topological polar surface area (TPSA) is 71.1 Å². The number of nitrogens with zero attached hydrogens (tertiary/aromatic N) is 4. The van der Waals surface area contributed by atoms with Crippen LogP contribution in [0.4, 0.5) is 11.4 Å². The van der Waals surface area contributed by atoms with Gasteiger partial charge in [-0.2, -0.15) is 34.0 Å². The molecule has 2 heterocycles. The minimum atomic E-state index is -0.313. The molecule has 0 radical (unpaired) electrons. The van der Waals surface area contributed by atoms with Gasteiger partial charge in [0, 0.05) is 76.9 Å². The maximum absolute atomic E-state index is 13.5. The molecule has 0 unspecified atom stereocenters. The predicted octanol–water partition coefficient (Wildman–Crippen LogP) is 3.94. The van der Waals surface area contributed by atoms with E-state index < -0.39 is 0 Å². The summed E-state index contributed by atoms with van der Waals surface area (Å²) in [6.45, 7) is 3.70. The molecule has 30 heavy (non-hydrogen) atoms. The largest absolute Gasteiger partial charge is 0.369 e. The van der Waals surface area contributed by atoms with Crippen molar-refractivity contribution in [2.75, 3.05) is 59.0 Å². The lowest BCUT2D eigenvalue weighted by molar-refractivity contribution is 0.104. The molecule has 2 aromatic rings. The fourth-order valence-corrected chi connectivity index (χ4v) is 6.41. The molecule has 5 rings (SSSR count). The fourth-order valence-electron chi connectivity index (χ4n) is 4.60. The van der Waals surface area contributed by atoms with E-state index in [-0.39, 0.29) is 16.9 Å². The van der Waals surface area contributed by atoms with E-state index in [2.05, 4.69) is 28.0 Å². The van der Waals surface area contributed by atoms with E-state index in [0.29, 0.717) is 11.1 Å². The molecule has 2 aliphatic heterocycles. The summed E-state index contributed by atoms with van der Waals surface area (Å²) in [6, 6.07) is 12.3. The monoisotopic (exact) mass is 432 g/mol. The van der Waals surface area contributed by atoms with Gasteiger partial charge in [0.25, 0.3) is 0 Å². The van der Waals surface area contributed by atoms with E-state index in [1.807, 2.05) is 41.7 Å². The number of hydrogen-bond donors (Lipinski definition) is 0. The first kappa shape index (κ1) is 19.4. The summed E-state index contributed by atoms with van der Waals surface area (Å²) in [5, 5.41) is 21.3. The molecular formula is C23H20N4OS2. The summed E-state index contributed by atoms with van der Waals surface area (Å²) in [5.74, 6) is 3.90. The Morgan fingerprint density at radius 2 is 1.33 bits per heavy atom. The van der Waals surface area contributed by atoms with Crippen molar-refractivity contribution in [3.63, 3.8) is 0 Å². The van der Waals surface area contributed by atoms with Gasteiger partial charge in [-0.25, -0.2) is 0 Å². The average molecular weight is 433 g/mol. The predicted molar refractivity (Wildman–Crippen MR) is 126 cm³/mol. The molecule has 1 aliphatic carbocycles. The van der Waals surface area contributed by atoms with Crippen molar-refractivity contribution in [1.29, 1.82) is 10.5 Å². The lowest BCUT2D eigenvalue weighted by atomic mass is 9.82. The van der Waals surface area contributed by atoms with Crippen molar-refractivity contribution in [3.8, 4) is 12.1 Å². The average Bonchev–Trinajstić information content (AvgIpc) is 2.81. The smallest absolute Gasteiger partial charge is 0.207 e. The molecular weight excluding hydrogens is 412 g/mol. The molecule has 150 valence electrons. The van der Waals surface area contributed by atoms with Gasteiger partial charge < -0.3 is 9.80 Å². The minimum absolute atomic E-state index is 0.0349. The second-order valence-corrected chi connectivity index (χ2v) is 9.97. The van der Waals surface area contributed by atoms with Crippen molar-refractivity contribution >= 4 is 57.0 Å². The van der Waals surface area contributed by atoms with Crippen LogP contribution in [-0.2, 0) is 0 Å². The Morgan fingerprint density at radius 1 is 0.767 bits per heavy atom. The summed E-state index contributed by atoms with van der Waals surface area (Å²) in [6.07, 6.45) is 0. The number of hydrogen-bond acceptors (Lipinski definition) is 7. The number of benzene rings is 2. The maximum Gasteiger partial charge on any atom is 0.207 e. The molecule has 7 heteroatoms. The zero-order chi connectivity index (χ0) is 20.7. The lowest BCUT2D eigenvalue weighted by Crippen LogP contribution is -2.34. The summed E-state index contributed by atoms with van der Waals surface area (Å²) < 4.78 is 0. The van der Waals surface area contributed by atoms with E-state index in [4.69, 9.17) is 0 Å². The first-order valence-corrected chi connectivity index (χ1v) is 12.4. The number of carbonyl (C=O) groups is 1. The summed E-state index contributed by atoms with van der Waals surface area (Å²) >= 11 is 3.88. The summed E-state index contributed by atoms with van der Waals surface area (Å²) in [7, 11) is 0. The standard InChI is InChI=1S/C23H20N4OS2/c24-13-17-15-1-3-19(26-5-9-29-10-6-26)16-2-4-20(27-7-11-30-12-8-27)22(21(15)16)23(28)18(17)14-25/h1-4H,5-12H2. The van der Waals surface area contributed by atoms with E-state index >= 15 is 0 Å². The van der Waals surface area contributed by atoms with Crippen molar-refractivity contribution in [2.24, 2.45) is 0 Å². The molecule has 0 bridgehead atoms. The number of rotatable bonds is 2. The van der Waals surface area contributed by atoms with Gasteiger partial charge >= 0.3 is 0 Å². The van der Waals surface area contributed by atoms with Gasteiger partial charge in [-0.1, -0.05) is 12.1 Å². The van der Waals surface area contributed by atoms with Crippen molar-refractivity contribution in [1.82, 2.24) is 0 Å². The molecule has 5 nitrogen and oxygen atoms in total. The number of anilines is 2. The zero-order valence-corrected chi connectivity index (χ0v) is 18.1. The number of allylic oxidation sites excluding steroid dienone is 2. The molecule has 2 saturated heterocycles. The Bertz CT molecular complexity index is 1160. The third-order valence-electron chi connectivity index (χ3n) is 6.04. The van der Waals surface area contributed by atoms with Gasteiger partial charge in [-0.15, -0.1) is 0 Å². The van der Waals surface area contributed by atoms with Gasteiger partial charge in [-0.3, -0.25) is 4.79 Å². The van der Waals surface area contributed by atoms with Crippen molar-refractivity contribution < 1.29 is 4.79 Å². The molecule has 2 aromatic carbocycles. The Labute approximate surface area is 184 Å².